The first-order valence-electron chi connectivity index (χ1n) is 12.1. The van der Waals surface area contributed by atoms with Gasteiger partial charge in [-0.05, 0) is 26.2 Å². The van der Waals surface area contributed by atoms with Crippen LogP contribution in [0.15, 0.2) is 12.7 Å². The van der Waals surface area contributed by atoms with E-state index in [9.17, 15) is 9.59 Å². The second-order valence-electron chi connectivity index (χ2n) is 8.14. The molecule has 170 valence electrons. The molecule has 0 rings (SSSR count). The third-order valence-corrected chi connectivity index (χ3v) is 5.10. The maximum atomic E-state index is 11.7. The minimum absolute atomic E-state index is 0.0515. The van der Waals surface area contributed by atoms with Gasteiger partial charge in [-0.25, -0.2) is 0 Å². The number of carbonyl (C=O) groups is 2. The summed E-state index contributed by atoms with van der Waals surface area (Å²) in [6, 6.07) is 0. The minimum atomic E-state index is -0.112. The zero-order valence-corrected chi connectivity index (χ0v) is 19.2. The molecule has 0 heterocycles. The Labute approximate surface area is 179 Å². The lowest BCUT2D eigenvalue weighted by atomic mass is 10.1. The fourth-order valence-corrected chi connectivity index (χ4v) is 3.31. The Kier molecular flexibility index (Phi) is 20.4. The highest BCUT2D eigenvalue weighted by molar-refractivity contribution is 5.69. The van der Waals surface area contributed by atoms with E-state index in [1.807, 2.05) is 6.92 Å². The van der Waals surface area contributed by atoms with Crippen molar-refractivity contribution in [2.45, 2.75) is 129 Å². The lowest BCUT2D eigenvalue weighted by molar-refractivity contribution is -0.148. The topological polar surface area (TPSA) is 52.6 Å². The summed E-state index contributed by atoms with van der Waals surface area (Å²) >= 11 is 0. The van der Waals surface area contributed by atoms with Gasteiger partial charge >= 0.3 is 11.9 Å². The lowest BCUT2D eigenvalue weighted by Gasteiger charge is -2.10. The van der Waals surface area contributed by atoms with Crippen LogP contribution in [-0.2, 0) is 19.1 Å². The Morgan fingerprint density at radius 1 is 0.759 bits per heavy atom. The van der Waals surface area contributed by atoms with Gasteiger partial charge in [-0.2, -0.15) is 0 Å². The van der Waals surface area contributed by atoms with Gasteiger partial charge in [-0.3, -0.25) is 9.59 Å². The molecular formula is C25H46O4. The largest absolute Gasteiger partial charge is 0.466 e. The van der Waals surface area contributed by atoms with E-state index in [0.29, 0.717) is 25.9 Å². The van der Waals surface area contributed by atoms with Crippen molar-refractivity contribution in [3.63, 3.8) is 0 Å². The zero-order chi connectivity index (χ0) is 21.6. The summed E-state index contributed by atoms with van der Waals surface area (Å²) in [6.45, 7) is 8.35. The average Bonchev–Trinajstić information content (AvgIpc) is 2.68. The monoisotopic (exact) mass is 410 g/mol. The van der Waals surface area contributed by atoms with Gasteiger partial charge in [0.15, 0.2) is 0 Å². The normalized spacial score (nSPS) is 11.8. The Bertz CT molecular complexity index is 406. The fourth-order valence-electron chi connectivity index (χ4n) is 3.31. The zero-order valence-electron chi connectivity index (χ0n) is 19.2. The summed E-state index contributed by atoms with van der Waals surface area (Å²) < 4.78 is 10.6. The molecule has 0 aliphatic heterocycles. The van der Waals surface area contributed by atoms with Crippen molar-refractivity contribution in [3.05, 3.63) is 12.7 Å². The number of ether oxygens (including phenoxy) is 2. The highest BCUT2D eigenvalue weighted by Crippen LogP contribution is 2.11. The van der Waals surface area contributed by atoms with E-state index in [4.69, 9.17) is 9.47 Å². The van der Waals surface area contributed by atoms with Crippen molar-refractivity contribution >= 4 is 11.9 Å². The van der Waals surface area contributed by atoms with Crippen LogP contribution in [0.3, 0.4) is 0 Å². The van der Waals surface area contributed by atoms with E-state index in [0.717, 1.165) is 44.9 Å². The molecule has 0 aliphatic carbocycles. The molecule has 0 aliphatic rings. The number of rotatable bonds is 21. The van der Waals surface area contributed by atoms with Crippen molar-refractivity contribution in [1.29, 1.82) is 0 Å². The molecule has 0 saturated heterocycles. The molecule has 29 heavy (non-hydrogen) atoms. The van der Waals surface area contributed by atoms with Crippen LogP contribution in [0.4, 0.5) is 0 Å². The van der Waals surface area contributed by atoms with E-state index < -0.39 is 0 Å². The van der Waals surface area contributed by atoms with Crippen molar-refractivity contribution < 1.29 is 19.1 Å². The van der Waals surface area contributed by atoms with E-state index in [-0.39, 0.29) is 18.0 Å². The fraction of sp³-hybridized carbons (Fsp3) is 0.840. The van der Waals surface area contributed by atoms with Crippen LogP contribution in [0.5, 0.6) is 0 Å². The predicted molar refractivity (Wildman–Crippen MR) is 121 cm³/mol. The van der Waals surface area contributed by atoms with Gasteiger partial charge in [0.25, 0.3) is 0 Å². The van der Waals surface area contributed by atoms with Crippen LogP contribution in [0, 0.1) is 0 Å². The van der Waals surface area contributed by atoms with Gasteiger partial charge in [0, 0.05) is 19.3 Å². The summed E-state index contributed by atoms with van der Waals surface area (Å²) in [5, 5.41) is 0. The van der Waals surface area contributed by atoms with Crippen molar-refractivity contribution in [2.24, 2.45) is 0 Å². The lowest BCUT2D eigenvalue weighted by Crippen LogP contribution is -2.13. The quantitative estimate of drug-likeness (QED) is 0.113. The Hall–Kier alpha value is -1.32. The molecule has 1 unspecified atom stereocenters. The standard InChI is InChI=1S/C25H46O4/c1-4-6-7-8-9-12-15-18-22-28-24(26)20-16-13-10-11-14-17-21-25(27)29-23(3)19-5-2/h5,23H,2,4,6-22H2,1,3H3. The van der Waals surface area contributed by atoms with Crippen molar-refractivity contribution in [2.75, 3.05) is 6.61 Å². The number of hydrogen-bond acceptors (Lipinski definition) is 4. The molecule has 1 atom stereocenters. The van der Waals surface area contributed by atoms with Crippen molar-refractivity contribution in [3.8, 4) is 0 Å². The van der Waals surface area contributed by atoms with Crippen LogP contribution in [0.25, 0.3) is 0 Å². The van der Waals surface area contributed by atoms with Gasteiger partial charge in [0.05, 0.1) is 6.61 Å². The molecule has 0 bridgehead atoms. The third kappa shape index (κ3) is 21.2. The van der Waals surface area contributed by atoms with Gasteiger partial charge in [-0.1, -0.05) is 83.6 Å². The summed E-state index contributed by atoms with van der Waals surface area (Å²) in [7, 11) is 0. The SMILES string of the molecule is C=CCC(C)OC(=O)CCCCCCCCC(=O)OCCCCCCCCCC. The summed E-state index contributed by atoms with van der Waals surface area (Å²) in [4.78, 5) is 23.3. The second-order valence-corrected chi connectivity index (χ2v) is 8.14. The van der Waals surface area contributed by atoms with Crippen molar-refractivity contribution in [1.82, 2.24) is 0 Å². The summed E-state index contributed by atoms with van der Waals surface area (Å²) in [5.74, 6) is -0.164. The highest BCUT2D eigenvalue weighted by Gasteiger charge is 2.07. The molecular weight excluding hydrogens is 364 g/mol. The summed E-state index contributed by atoms with van der Waals surface area (Å²) in [5.41, 5.74) is 0. The Morgan fingerprint density at radius 3 is 1.79 bits per heavy atom. The molecule has 0 aromatic carbocycles. The average molecular weight is 411 g/mol. The first-order chi connectivity index (χ1) is 14.1. The van der Waals surface area contributed by atoms with Crippen LogP contribution in [0.1, 0.15) is 123 Å². The maximum absolute atomic E-state index is 11.7. The third-order valence-electron chi connectivity index (χ3n) is 5.10. The maximum Gasteiger partial charge on any atom is 0.306 e. The smallest absolute Gasteiger partial charge is 0.306 e. The van der Waals surface area contributed by atoms with Gasteiger partial charge in [0.2, 0.25) is 0 Å². The molecule has 0 aromatic rings. The van der Waals surface area contributed by atoms with Crippen LogP contribution in [-0.4, -0.2) is 24.6 Å². The minimum Gasteiger partial charge on any atom is -0.466 e. The van der Waals surface area contributed by atoms with Crippen LogP contribution >= 0.6 is 0 Å². The molecule has 0 N–H and O–H groups in total. The molecule has 0 radical (unpaired) electrons. The molecule has 4 heteroatoms. The molecule has 0 fully saturated rings. The van der Waals surface area contributed by atoms with E-state index in [2.05, 4.69) is 13.5 Å². The van der Waals surface area contributed by atoms with Gasteiger partial charge in [-0.15, -0.1) is 6.58 Å². The van der Waals surface area contributed by atoms with Gasteiger partial charge in [0.1, 0.15) is 6.10 Å². The number of unbranched alkanes of at least 4 members (excludes halogenated alkanes) is 12. The second kappa shape index (κ2) is 21.4. The molecule has 0 spiro atoms. The van der Waals surface area contributed by atoms with E-state index in [1.54, 1.807) is 6.08 Å². The van der Waals surface area contributed by atoms with E-state index in [1.165, 1.54) is 44.9 Å². The van der Waals surface area contributed by atoms with Gasteiger partial charge < -0.3 is 9.47 Å². The number of carbonyl (C=O) groups excluding carboxylic acids is 2. The Morgan fingerprint density at radius 2 is 1.24 bits per heavy atom. The molecule has 0 aromatic heterocycles. The highest BCUT2D eigenvalue weighted by atomic mass is 16.5. The van der Waals surface area contributed by atoms with Crippen LogP contribution in [0.2, 0.25) is 0 Å². The number of esters is 2. The first kappa shape index (κ1) is 27.7. The predicted octanol–water partition coefficient (Wildman–Crippen LogP) is 7.30. The number of hydrogen-bond donors (Lipinski definition) is 0. The van der Waals surface area contributed by atoms with E-state index >= 15 is 0 Å². The van der Waals surface area contributed by atoms with Crippen LogP contribution < -0.4 is 0 Å². The molecule has 4 nitrogen and oxygen atoms in total. The molecule has 0 amide bonds. The Balaban J connectivity index is 3.31. The first-order valence-corrected chi connectivity index (χ1v) is 12.1. The molecule has 0 saturated carbocycles. The summed E-state index contributed by atoms with van der Waals surface area (Å²) in [6.07, 6.45) is 19.6.